The molecule has 0 aliphatic heterocycles. The first kappa shape index (κ1) is 15.2. The van der Waals surface area contributed by atoms with Crippen molar-refractivity contribution in [1.29, 1.82) is 0 Å². The largest absolute Gasteiger partial charge is 0.289 e. The van der Waals surface area contributed by atoms with Crippen LogP contribution in [0.3, 0.4) is 0 Å². The van der Waals surface area contributed by atoms with E-state index in [1.54, 1.807) is 18.5 Å². The van der Waals surface area contributed by atoms with Gasteiger partial charge in [0.1, 0.15) is 0 Å². The fraction of sp³-hybridized carbons (Fsp3) is 0.263. The highest BCUT2D eigenvalue weighted by Gasteiger charge is 2.12. The van der Waals surface area contributed by atoms with Crippen molar-refractivity contribution in [2.45, 2.75) is 33.1 Å². The average molecular weight is 279 g/mol. The molecule has 0 amide bonds. The van der Waals surface area contributed by atoms with Crippen LogP contribution < -0.4 is 0 Å². The Morgan fingerprint density at radius 3 is 2.57 bits per heavy atom. The SMILES string of the molecule is CCCCC(=Cc1ccc(C)cc1)C(=O)c1cccnc1. The summed E-state index contributed by atoms with van der Waals surface area (Å²) in [6, 6.07) is 11.9. The molecule has 0 saturated carbocycles. The monoisotopic (exact) mass is 279 g/mol. The lowest BCUT2D eigenvalue weighted by atomic mass is 9.97. The van der Waals surface area contributed by atoms with E-state index in [-0.39, 0.29) is 5.78 Å². The number of pyridine rings is 1. The quantitative estimate of drug-likeness (QED) is 0.559. The van der Waals surface area contributed by atoms with Crippen LogP contribution in [0.25, 0.3) is 6.08 Å². The van der Waals surface area contributed by atoms with Crippen LogP contribution in [0.4, 0.5) is 0 Å². The van der Waals surface area contributed by atoms with Gasteiger partial charge in [-0.2, -0.15) is 0 Å². The van der Waals surface area contributed by atoms with Crippen molar-refractivity contribution in [3.8, 4) is 0 Å². The van der Waals surface area contributed by atoms with Crippen LogP contribution in [0, 0.1) is 6.92 Å². The van der Waals surface area contributed by atoms with E-state index in [9.17, 15) is 4.79 Å². The van der Waals surface area contributed by atoms with Gasteiger partial charge in [-0.3, -0.25) is 9.78 Å². The van der Waals surface area contributed by atoms with Crippen molar-refractivity contribution in [2.75, 3.05) is 0 Å². The number of unbranched alkanes of at least 4 members (excludes halogenated alkanes) is 1. The van der Waals surface area contributed by atoms with Crippen LogP contribution in [0.5, 0.6) is 0 Å². The predicted octanol–water partition coefficient (Wildman–Crippen LogP) is 4.85. The molecule has 2 rings (SSSR count). The molecule has 0 radical (unpaired) electrons. The molecule has 0 aliphatic rings. The van der Waals surface area contributed by atoms with Gasteiger partial charge in [0, 0.05) is 23.5 Å². The van der Waals surface area contributed by atoms with Gasteiger partial charge in [0.2, 0.25) is 0 Å². The van der Waals surface area contributed by atoms with Crippen molar-refractivity contribution in [1.82, 2.24) is 4.98 Å². The fourth-order valence-corrected chi connectivity index (χ4v) is 2.16. The summed E-state index contributed by atoms with van der Waals surface area (Å²) in [6.45, 7) is 4.20. The summed E-state index contributed by atoms with van der Waals surface area (Å²) < 4.78 is 0. The maximum atomic E-state index is 12.6. The zero-order chi connectivity index (χ0) is 15.1. The molecule has 1 aromatic heterocycles. The number of carbonyl (C=O) groups excluding carboxylic acids is 1. The van der Waals surface area contributed by atoms with Gasteiger partial charge in [-0.25, -0.2) is 0 Å². The molecule has 1 aromatic carbocycles. The lowest BCUT2D eigenvalue weighted by Crippen LogP contribution is -2.04. The maximum Gasteiger partial charge on any atom is 0.190 e. The molecule has 0 atom stereocenters. The summed E-state index contributed by atoms with van der Waals surface area (Å²) >= 11 is 0. The van der Waals surface area contributed by atoms with Crippen LogP contribution in [-0.4, -0.2) is 10.8 Å². The van der Waals surface area contributed by atoms with E-state index in [4.69, 9.17) is 0 Å². The molecule has 2 nitrogen and oxygen atoms in total. The number of nitrogens with zero attached hydrogens (tertiary/aromatic N) is 1. The van der Waals surface area contributed by atoms with Crippen LogP contribution in [0.1, 0.15) is 47.7 Å². The van der Waals surface area contributed by atoms with Gasteiger partial charge < -0.3 is 0 Å². The maximum absolute atomic E-state index is 12.6. The Morgan fingerprint density at radius 1 is 1.19 bits per heavy atom. The molecule has 0 fully saturated rings. The van der Waals surface area contributed by atoms with Crippen LogP contribution in [0.15, 0.2) is 54.4 Å². The smallest absolute Gasteiger partial charge is 0.190 e. The Balaban J connectivity index is 2.29. The molecule has 2 heteroatoms. The lowest BCUT2D eigenvalue weighted by Gasteiger charge is -2.07. The number of rotatable bonds is 6. The van der Waals surface area contributed by atoms with E-state index in [1.807, 2.05) is 12.1 Å². The number of Topliss-reactive ketones (excluding diaryl/α,β-unsaturated/α-hetero) is 1. The molecule has 0 bridgehead atoms. The topological polar surface area (TPSA) is 30.0 Å². The summed E-state index contributed by atoms with van der Waals surface area (Å²) in [7, 11) is 0. The molecule has 0 saturated heterocycles. The second kappa shape index (κ2) is 7.53. The molecule has 0 aliphatic carbocycles. The molecule has 21 heavy (non-hydrogen) atoms. The lowest BCUT2D eigenvalue weighted by molar-refractivity contribution is 0.103. The Hall–Kier alpha value is -2.22. The number of aromatic nitrogens is 1. The Morgan fingerprint density at radius 2 is 1.95 bits per heavy atom. The number of allylic oxidation sites excluding steroid dienone is 1. The molecular weight excluding hydrogens is 258 g/mol. The number of aryl methyl sites for hydroxylation is 1. The number of benzene rings is 1. The fourth-order valence-electron chi connectivity index (χ4n) is 2.16. The highest BCUT2D eigenvalue weighted by molar-refractivity contribution is 6.11. The van der Waals surface area contributed by atoms with Crippen molar-refractivity contribution >= 4 is 11.9 Å². The van der Waals surface area contributed by atoms with Crippen LogP contribution in [0.2, 0.25) is 0 Å². The van der Waals surface area contributed by atoms with Gasteiger partial charge in [0.25, 0.3) is 0 Å². The Labute approximate surface area is 126 Å². The highest BCUT2D eigenvalue weighted by Crippen LogP contribution is 2.18. The zero-order valence-electron chi connectivity index (χ0n) is 12.7. The first-order valence-corrected chi connectivity index (χ1v) is 7.42. The third kappa shape index (κ3) is 4.38. The van der Waals surface area contributed by atoms with E-state index >= 15 is 0 Å². The van der Waals surface area contributed by atoms with Gasteiger partial charge in [-0.1, -0.05) is 43.2 Å². The third-order valence-corrected chi connectivity index (χ3v) is 3.43. The third-order valence-electron chi connectivity index (χ3n) is 3.43. The van der Waals surface area contributed by atoms with Crippen molar-refractivity contribution < 1.29 is 4.79 Å². The molecule has 0 N–H and O–H groups in total. The van der Waals surface area contributed by atoms with E-state index in [0.717, 1.165) is 30.4 Å². The normalized spacial score (nSPS) is 11.4. The van der Waals surface area contributed by atoms with Crippen LogP contribution >= 0.6 is 0 Å². The molecule has 108 valence electrons. The molecule has 2 aromatic rings. The molecule has 1 heterocycles. The number of hydrogen-bond donors (Lipinski definition) is 0. The minimum atomic E-state index is 0.0807. The summed E-state index contributed by atoms with van der Waals surface area (Å²) in [5.41, 5.74) is 3.81. The Kier molecular flexibility index (Phi) is 5.44. The first-order valence-electron chi connectivity index (χ1n) is 7.42. The van der Waals surface area contributed by atoms with Crippen LogP contribution in [-0.2, 0) is 0 Å². The molecular formula is C19H21NO. The van der Waals surface area contributed by atoms with Crippen molar-refractivity contribution in [3.05, 3.63) is 71.1 Å². The van der Waals surface area contributed by atoms with Gasteiger partial charge in [0.05, 0.1) is 0 Å². The van der Waals surface area contributed by atoms with E-state index < -0.39 is 0 Å². The average Bonchev–Trinajstić information content (AvgIpc) is 2.53. The zero-order valence-corrected chi connectivity index (χ0v) is 12.7. The van der Waals surface area contributed by atoms with Gasteiger partial charge in [0.15, 0.2) is 5.78 Å². The summed E-state index contributed by atoms with van der Waals surface area (Å²) in [4.78, 5) is 16.7. The van der Waals surface area contributed by atoms with Crippen molar-refractivity contribution in [2.24, 2.45) is 0 Å². The minimum absolute atomic E-state index is 0.0807. The summed E-state index contributed by atoms with van der Waals surface area (Å²) in [5.74, 6) is 0.0807. The van der Waals surface area contributed by atoms with E-state index in [1.165, 1.54) is 5.56 Å². The molecule has 0 unspecified atom stereocenters. The summed E-state index contributed by atoms with van der Waals surface area (Å²) in [5, 5.41) is 0. The van der Waals surface area contributed by atoms with Gasteiger partial charge in [-0.05, 0) is 43.5 Å². The van der Waals surface area contributed by atoms with E-state index in [0.29, 0.717) is 5.56 Å². The second-order valence-electron chi connectivity index (χ2n) is 5.25. The predicted molar refractivity (Wildman–Crippen MR) is 87.2 cm³/mol. The van der Waals surface area contributed by atoms with Gasteiger partial charge in [-0.15, -0.1) is 0 Å². The number of carbonyl (C=O) groups is 1. The first-order chi connectivity index (χ1) is 10.2. The van der Waals surface area contributed by atoms with Gasteiger partial charge >= 0.3 is 0 Å². The highest BCUT2D eigenvalue weighted by atomic mass is 16.1. The Bertz CT molecular complexity index is 612. The van der Waals surface area contributed by atoms with Crippen molar-refractivity contribution in [3.63, 3.8) is 0 Å². The number of hydrogen-bond acceptors (Lipinski definition) is 2. The minimum Gasteiger partial charge on any atom is -0.289 e. The number of ketones is 1. The second-order valence-corrected chi connectivity index (χ2v) is 5.25. The van der Waals surface area contributed by atoms with E-state index in [2.05, 4.69) is 43.1 Å². The standard InChI is InChI=1S/C19H21NO/c1-3-4-6-17(13-16-10-8-15(2)9-11-16)19(21)18-7-5-12-20-14-18/h5,7-14H,3-4,6H2,1-2H3. The molecule has 0 spiro atoms. The summed E-state index contributed by atoms with van der Waals surface area (Å²) in [6.07, 6.45) is 8.22.